The van der Waals surface area contributed by atoms with E-state index >= 15 is 0 Å². The predicted molar refractivity (Wildman–Crippen MR) is 112 cm³/mol. The standard InChI is InChI=1S/C18H30N4O5S2/c1-20-11-13-22(14-12-20)29(25,26)19-17-15-16(7-8-18(17)27-2)28(23,24)21-9-5-3-4-6-10-21/h7-8,15,19H,3-6,9-14H2,1-2H3. The lowest BCUT2D eigenvalue weighted by Gasteiger charge is -2.31. The Labute approximate surface area is 173 Å². The van der Waals surface area contributed by atoms with Gasteiger partial charge in [0.2, 0.25) is 10.0 Å². The Kier molecular flexibility index (Phi) is 7.05. The molecule has 2 saturated heterocycles. The summed E-state index contributed by atoms with van der Waals surface area (Å²) in [6.45, 7) is 3.00. The Balaban J connectivity index is 1.87. The van der Waals surface area contributed by atoms with Crippen LogP contribution in [0, 0.1) is 0 Å². The highest BCUT2D eigenvalue weighted by Gasteiger charge is 2.29. The molecule has 0 aromatic heterocycles. The summed E-state index contributed by atoms with van der Waals surface area (Å²) in [6, 6.07) is 4.31. The van der Waals surface area contributed by atoms with Gasteiger partial charge >= 0.3 is 10.2 Å². The molecule has 2 aliphatic rings. The molecular formula is C18H30N4O5S2. The maximum atomic E-state index is 13.1. The molecule has 9 nitrogen and oxygen atoms in total. The van der Waals surface area contributed by atoms with Gasteiger partial charge in [0.25, 0.3) is 0 Å². The third-order valence-electron chi connectivity index (χ3n) is 5.41. The molecule has 0 spiro atoms. The van der Waals surface area contributed by atoms with E-state index in [2.05, 4.69) is 9.62 Å². The van der Waals surface area contributed by atoms with Gasteiger partial charge < -0.3 is 9.64 Å². The van der Waals surface area contributed by atoms with Crippen LogP contribution in [0.5, 0.6) is 5.75 Å². The van der Waals surface area contributed by atoms with Crippen LogP contribution in [0.3, 0.4) is 0 Å². The van der Waals surface area contributed by atoms with Gasteiger partial charge in [-0.1, -0.05) is 12.8 Å². The lowest BCUT2D eigenvalue weighted by molar-refractivity contribution is 0.223. The number of hydrogen-bond acceptors (Lipinski definition) is 6. The van der Waals surface area contributed by atoms with E-state index in [1.165, 1.54) is 33.9 Å². The van der Waals surface area contributed by atoms with Gasteiger partial charge in [0.1, 0.15) is 5.75 Å². The molecule has 0 radical (unpaired) electrons. The van der Waals surface area contributed by atoms with Crippen molar-refractivity contribution in [3.05, 3.63) is 18.2 Å². The largest absolute Gasteiger partial charge is 0.495 e. The first kappa shape index (κ1) is 22.3. The van der Waals surface area contributed by atoms with Gasteiger partial charge in [-0.25, -0.2) is 8.42 Å². The molecule has 2 heterocycles. The minimum Gasteiger partial charge on any atom is -0.495 e. The first-order valence-electron chi connectivity index (χ1n) is 9.89. The number of methoxy groups -OCH3 is 1. The fraction of sp³-hybridized carbons (Fsp3) is 0.667. The number of anilines is 1. The van der Waals surface area contributed by atoms with Crippen LogP contribution in [-0.2, 0) is 20.2 Å². The third kappa shape index (κ3) is 5.21. The summed E-state index contributed by atoms with van der Waals surface area (Å²) in [5.74, 6) is 0.275. The number of benzene rings is 1. The Morgan fingerprint density at radius 1 is 0.862 bits per heavy atom. The third-order valence-corrected chi connectivity index (χ3v) is 8.83. The molecule has 0 saturated carbocycles. The molecule has 1 aromatic rings. The lowest BCUT2D eigenvalue weighted by Crippen LogP contribution is -2.48. The van der Waals surface area contributed by atoms with Crippen molar-refractivity contribution < 1.29 is 21.6 Å². The summed E-state index contributed by atoms with van der Waals surface area (Å²) in [6.07, 6.45) is 3.70. The highest BCUT2D eigenvalue weighted by atomic mass is 32.2. The normalized spacial score (nSPS) is 20.9. The summed E-state index contributed by atoms with van der Waals surface area (Å²) in [5, 5.41) is 0. The fourth-order valence-corrected chi connectivity index (χ4v) is 6.34. The van der Waals surface area contributed by atoms with Crippen LogP contribution in [0.15, 0.2) is 23.1 Å². The van der Waals surface area contributed by atoms with Gasteiger partial charge in [-0.3, -0.25) is 4.72 Å². The molecular weight excluding hydrogens is 416 g/mol. The number of rotatable bonds is 6. The highest BCUT2D eigenvalue weighted by Crippen LogP contribution is 2.31. The van der Waals surface area contributed by atoms with E-state index in [1.54, 1.807) is 0 Å². The number of nitrogens with zero attached hydrogens (tertiary/aromatic N) is 3. The van der Waals surface area contributed by atoms with Crippen molar-refractivity contribution in [1.29, 1.82) is 0 Å². The monoisotopic (exact) mass is 446 g/mol. The van der Waals surface area contributed by atoms with Crippen LogP contribution in [0.2, 0.25) is 0 Å². The summed E-state index contributed by atoms with van der Waals surface area (Å²) < 4.78 is 62.5. The molecule has 0 amide bonds. The highest BCUT2D eigenvalue weighted by molar-refractivity contribution is 7.90. The smallest absolute Gasteiger partial charge is 0.301 e. The Bertz CT molecular complexity index is 904. The zero-order valence-corrected chi connectivity index (χ0v) is 18.6. The second-order valence-electron chi connectivity index (χ2n) is 7.49. The number of sulfonamides is 1. The molecule has 11 heteroatoms. The number of hydrogen-bond donors (Lipinski definition) is 1. The van der Waals surface area contributed by atoms with Crippen molar-refractivity contribution in [2.45, 2.75) is 30.6 Å². The number of ether oxygens (including phenoxy) is 1. The minimum atomic E-state index is -3.82. The van der Waals surface area contributed by atoms with E-state index < -0.39 is 20.2 Å². The van der Waals surface area contributed by atoms with Gasteiger partial charge in [-0.15, -0.1) is 0 Å². The van der Waals surface area contributed by atoms with Crippen LogP contribution in [0.25, 0.3) is 0 Å². The first-order chi connectivity index (χ1) is 13.7. The van der Waals surface area contributed by atoms with Gasteiger partial charge in [-0.2, -0.15) is 17.0 Å². The Morgan fingerprint density at radius 3 is 2.07 bits per heavy atom. The summed E-state index contributed by atoms with van der Waals surface area (Å²) >= 11 is 0. The van der Waals surface area contributed by atoms with Gasteiger partial charge in [0.15, 0.2) is 0 Å². The maximum absolute atomic E-state index is 13.1. The van der Waals surface area contributed by atoms with Crippen molar-refractivity contribution >= 4 is 25.9 Å². The Morgan fingerprint density at radius 2 is 1.48 bits per heavy atom. The van der Waals surface area contributed by atoms with E-state index in [-0.39, 0.29) is 16.3 Å². The molecule has 0 aliphatic carbocycles. The molecule has 0 atom stereocenters. The van der Waals surface area contributed by atoms with E-state index in [0.29, 0.717) is 39.3 Å². The molecule has 2 aliphatic heterocycles. The molecule has 0 bridgehead atoms. The van der Waals surface area contributed by atoms with Gasteiger partial charge in [0.05, 0.1) is 17.7 Å². The zero-order valence-electron chi connectivity index (χ0n) is 17.0. The van der Waals surface area contributed by atoms with Crippen LogP contribution in [-0.4, -0.2) is 83.8 Å². The van der Waals surface area contributed by atoms with Crippen LogP contribution >= 0.6 is 0 Å². The molecule has 29 heavy (non-hydrogen) atoms. The van der Waals surface area contributed by atoms with E-state index in [0.717, 1.165) is 25.7 Å². The second kappa shape index (κ2) is 9.17. The first-order valence-corrected chi connectivity index (χ1v) is 12.8. The van der Waals surface area contributed by atoms with Crippen molar-refractivity contribution in [2.24, 2.45) is 0 Å². The molecule has 1 N–H and O–H groups in total. The predicted octanol–water partition coefficient (Wildman–Crippen LogP) is 1.16. The molecule has 2 fully saturated rings. The number of piperazine rings is 1. The average Bonchev–Trinajstić information content (AvgIpc) is 2.98. The quantitative estimate of drug-likeness (QED) is 0.704. The second-order valence-corrected chi connectivity index (χ2v) is 11.1. The molecule has 164 valence electrons. The topological polar surface area (TPSA) is 99.3 Å². The number of nitrogens with one attached hydrogen (secondary N) is 1. The molecule has 1 aromatic carbocycles. The Hall–Kier alpha value is -1.40. The molecule has 3 rings (SSSR count). The van der Waals surface area contributed by atoms with Crippen molar-refractivity contribution in [2.75, 3.05) is 58.1 Å². The molecule has 0 unspecified atom stereocenters. The summed E-state index contributed by atoms with van der Waals surface area (Å²) in [4.78, 5) is 2.12. The van der Waals surface area contributed by atoms with Gasteiger partial charge in [0, 0.05) is 39.3 Å². The van der Waals surface area contributed by atoms with Gasteiger partial charge in [-0.05, 0) is 38.1 Å². The lowest BCUT2D eigenvalue weighted by atomic mass is 10.2. The minimum absolute atomic E-state index is 0.0660. The zero-order chi connectivity index (χ0) is 21.1. The van der Waals surface area contributed by atoms with Crippen LogP contribution in [0.4, 0.5) is 5.69 Å². The van der Waals surface area contributed by atoms with E-state index in [4.69, 9.17) is 4.74 Å². The van der Waals surface area contributed by atoms with Crippen molar-refractivity contribution in [1.82, 2.24) is 13.5 Å². The van der Waals surface area contributed by atoms with E-state index in [1.807, 2.05) is 7.05 Å². The number of likely N-dealkylation sites (N-methyl/N-ethyl adjacent to an activating group) is 1. The maximum Gasteiger partial charge on any atom is 0.301 e. The average molecular weight is 447 g/mol. The SMILES string of the molecule is COc1ccc(S(=O)(=O)N2CCCCCC2)cc1NS(=O)(=O)N1CCN(C)CC1. The van der Waals surface area contributed by atoms with Crippen LogP contribution < -0.4 is 9.46 Å². The van der Waals surface area contributed by atoms with Crippen molar-refractivity contribution in [3.63, 3.8) is 0 Å². The summed E-state index contributed by atoms with van der Waals surface area (Å²) in [5.41, 5.74) is 0.127. The van der Waals surface area contributed by atoms with Crippen molar-refractivity contribution in [3.8, 4) is 5.75 Å². The fourth-order valence-electron chi connectivity index (χ4n) is 3.59. The summed E-state index contributed by atoms with van der Waals surface area (Å²) in [7, 11) is -4.15. The van der Waals surface area contributed by atoms with E-state index in [9.17, 15) is 16.8 Å². The van der Waals surface area contributed by atoms with Crippen LogP contribution in [0.1, 0.15) is 25.7 Å².